The highest BCUT2D eigenvalue weighted by Gasteiger charge is 2.72. The number of allylic oxidation sites excluding steroid dienone is 4. The third kappa shape index (κ3) is 2.90. The maximum Gasteiger partial charge on any atom is 0.303 e. The number of rotatable bonds is 3. The average Bonchev–Trinajstić information content (AvgIpc) is 2.88. The van der Waals surface area contributed by atoms with Gasteiger partial charge >= 0.3 is 5.97 Å². The molecule has 9 atom stereocenters. The number of carbonyl (C=O) groups excluding carboxylic acids is 3. The number of alkyl halides is 2. The molecule has 3 saturated carbocycles. The number of hydrogen-bond acceptors (Lipinski definition) is 6. The van der Waals surface area contributed by atoms with Crippen molar-refractivity contribution in [1.82, 2.24) is 0 Å². The van der Waals surface area contributed by atoms with E-state index in [0.29, 0.717) is 5.57 Å². The van der Waals surface area contributed by atoms with Gasteiger partial charge in [-0.15, -0.1) is 0 Å². The molecular weight excluding hydrogens is 410 g/mol. The second-order valence-electron chi connectivity index (χ2n) is 9.98. The van der Waals surface area contributed by atoms with E-state index in [4.69, 9.17) is 4.74 Å². The van der Waals surface area contributed by atoms with Crippen molar-refractivity contribution in [3.8, 4) is 0 Å². The van der Waals surface area contributed by atoms with Gasteiger partial charge in [0.1, 0.15) is 12.3 Å². The lowest BCUT2D eigenvalue weighted by Crippen LogP contribution is -2.64. The van der Waals surface area contributed by atoms with Crippen molar-refractivity contribution in [3.05, 3.63) is 23.8 Å². The molecule has 0 saturated heterocycles. The molecule has 6 nitrogen and oxygen atoms in total. The number of esters is 1. The van der Waals surface area contributed by atoms with Crippen molar-refractivity contribution >= 4 is 17.5 Å². The highest BCUT2D eigenvalue weighted by molar-refractivity contribution is 6.01. The molecule has 0 aromatic heterocycles. The zero-order valence-electron chi connectivity index (χ0n) is 17.8. The van der Waals surface area contributed by atoms with Crippen LogP contribution in [0.2, 0.25) is 0 Å². The van der Waals surface area contributed by atoms with Gasteiger partial charge in [0.15, 0.2) is 18.0 Å². The summed E-state index contributed by atoms with van der Waals surface area (Å²) >= 11 is 0. The summed E-state index contributed by atoms with van der Waals surface area (Å²) in [4.78, 5) is 35.8. The third-order valence-electron chi connectivity index (χ3n) is 8.48. The number of halogens is 2. The first-order valence-electron chi connectivity index (χ1n) is 10.7. The van der Waals surface area contributed by atoms with Gasteiger partial charge in [-0.2, -0.15) is 0 Å². The lowest BCUT2D eigenvalue weighted by molar-refractivity contribution is -0.189. The Hall–Kier alpha value is -1.93. The number of carbonyl (C=O) groups is 3. The van der Waals surface area contributed by atoms with Crippen LogP contribution in [0.15, 0.2) is 23.8 Å². The highest BCUT2D eigenvalue weighted by Crippen LogP contribution is 2.67. The number of hydrogen-bond donors (Lipinski definition) is 2. The summed E-state index contributed by atoms with van der Waals surface area (Å²) in [6.07, 6.45) is -0.395. The van der Waals surface area contributed by atoms with Crippen LogP contribution < -0.4 is 0 Å². The van der Waals surface area contributed by atoms with E-state index in [2.05, 4.69) is 0 Å². The van der Waals surface area contributed by atoms with Crippen molar-refractivity contribution < 1.29 is 38.1 Å². The fraction of sp³-hybridized carbons (Fsp3) is 0.696. The van der Waals surface area contributed by atoms with Gasteiger partial charge in [0.25, 0.3) is 0 Å². The number of fused-ring (bicyclic) bond motifs is 5. The van der Waals surface area contributed by atoms with Crippen LogP contribution in [0.1, 0.15) is 40.0 Å². The molecular formula is C23H28F2O6. The Morgan fingerprint density at radius 1 is 1.26 bits per heavy atom. The minimum Gasteiger partial charge on any atom is -0.458 e. The Morgan fingerprint density at radius 3 is 2.58 bits per heavy atom. The summed E-state index contributed by atoms with van der Waals surface area (Å²) in [6.45, 7) is 3.68. The molecule has 4 aliphatic carbocycles. The maximum absolute atomic E-state index is 15.3. The van der Waals surface area contributed by atoms with E-state index in [-0.39, 0.29) is 25.0 Å². The van der Waals surface area contributed by atoms with Gasteiger partial charge in [0.05, 0.1) is 6.10 Å². The first kappa shape index (κ1) is 22.3. The molecule has 4 rings (SSSR count). The predicted molar refractivity (Wildman–Crippen MR) is 105 cm³/mol. The number of aliphatic hydroxyl groups excluding tert-OH is 1. The van der Waals surface area contributed by atoms with Crippen LogP contribution in [-0.2, 0) is 19.1 Å². The Balaban J connectivity index is 1.74. The third-order valence-corrected chi connectivity index (χ3v) is 8.48. The fourth-order valence-corrected chi connectivity index (χ4v) is 7.08. The van der Waals surface area contributed by atoms with Crippen molar-refractivity contribution in [3.63, 3.8) is 0 Å². The van der Waals surface area contributed by atoms with Crippen LogP contribution in [0.4, 0.5) is 8.78 Å². The zero-order chi connectivity index (χ0) is 22.9. The zero-order valence-corrected chi connectivity index (χ0v) is 17.8. The molecule has 0 spiro atoms. The van der Waals surface area contributed by atoms with Gasteiger partial charge in [0.2, 0.25) is 5.78 Å². The lowest BCUT2D eigenvalue weighted by atomic mass is 9.46. The molecule has 0 amide bonds. The van der Waals surface area contributed by atoms with E-state index in [1.165, 1.54) is 12.2 Å². The number of ketones is 2. The first-order valence-corrected chi connectivity index (χ1v) is 10.7. The molecule has 31 heavy (non-hydrogen) atoms. The van der Waals surface area contributed by atoms with Crippen LogP contribution in [0, 0.1) is 28.6 Å². The van der Waals surface area contributed by atoms with Gasteiger partial charge in [-0.05, 0) is 48.8 Å². The van der Waals surface area contributed by atoms with E-state index in [1.54, 1.807) is 19.9 Å². The molecule has 2 N–H and O–H groups in total. The van der Waals surface area contributed by atoms with Crippen LogP contribution >= 0.6 is 0 Å². The van der Waals surface area contributed by atoms with E-state index in [0.717, 1.165) is 6.92 Å². The Labute approximate surface area is 179 Å². The molecule has 0 radical (unpaired) electrons. The van der Waals surface area contributed by atoms with Crippen molar-refractivity contribution in [2.24, 2.45) is 28.6 Å². The molecule has 0 unspecified atom stereocenters. The predicted octanol–water partition coefficient (Wildman–Crippen LogP) is 2.02. The molecule has 0 bridgehead atoms. The van der Waals surface area contributed by atoms with Crippen molar-refractivity contribution in [1.29, 1.82) is 0 Å². The van der Waals surface area contributed by atoms with Crippen LogP contribution in [0.3, 0.4) is 0 Å². The summed E-state index contributed by atoms with van der Waals surface area (Å²) < 4.78 is 35.3. The summed E-state index contributed by atoms with van der Waals surface area (Å²) in [5, 5.41) is 22.5. The summed E-state index contributed by atoms with van der Waals surface area (Å²) in [7, 11) is 0. The second kappa shape index (κ2) is 7.04. The lowest BCUT2D eigenvalue weighted by Gasteiger charge is -2.59. The molecule has 170 valence electrons. The minimum absolute atomic E-state index is 0.0224. The van der Waals surface area contributed by atoms with Gasteiger partial charge in [-0.3, -0.25) is 14.4 Å². The van der Waals surface area contributed by atoms with Gasteiger partial charge < -0.3 is 14.9 Å². The molecule has 0 aromatic carbocycles. The minimum atomic E-state index is -2.44. The van der Waals surface area contributed by atoms with Crippen LogP contribution in [0.25, 0.3) is 0 Å². The molecule has 8 heteroatoms. The summed E-state index contributed by atoms with van der Waals surface area (Å²) in [5.74, 6) is -3.53. The summed E-state index contributed by atoms with van der Waals surface area (Å²) in [5.41, 5.74) is -4.39. The molecule has 0 aliphatic heterocycles. The Morgan fingerprint density at radius 2 is 1.94 bits per heavy atom. The SMILES string of the molecule is CC(=O)OCC(=O)[C@@]1(O)[C@H](F)C[C@@H]2[C@@H]3C[C@H](F)C4=CC(=O)C=C[C@]4(C)[C@@H]3[C@@H](O)C[C@]21C. The van der Waals surface area contributed by atoms with Gasteiger partial charge in [-0.1, -0.05) is 19.9 Å². The monoisotopic (exact) mass is 438 g/mol. The number of aliphatic hydroxyl groups is 2. The van der Waals surface area contributed by atoms with Crippen LogP contribution in [-0.4, -0.2) is 58.4 Å². The quantitative estimate of drug-likeness (QED) is 0.654. The number of ether oxygens (including phenoxy) is 1. The fourth-order valence-electron chi connectivity index (χ4n) is 7.08. The van der Waals surface area contributed by atoms with Gasteiger partial charge in [0, 0.05) is 23.7 Å². The largest absolute Gasteiger partial charge is 0.458 e. The first-order chi connectivity index (χ1) is 14.4. The smallest absolute Gasteiger partial charge is 0.303 e. The normalized spacial score (nSPS) is 48.4. The highest BCUT2D eigenvalue weighted by atomic mass is 19.1. The Bertz CT molecular complexity index is 898. The van der Waals surface area contributed by atoms with E-state index < -0.39 is 71.0 Å². The van der Waals surface area contributed by atoms with Crippen LogP contribution in [0.5, 0.6) is 0 Å². The number of Topliss-reactive ketones (excluding diaryl/α,β-unsaturated/α-hetero) is 1. The second-order valence-corrected chi connectivity index (χ2v) is 9.98. The molecule has 0 aromatic rings. The van der Waals surface area contributed by atoms with E-state index in [1.807, 2.05) is 0 Å². The molecule has 0 heterocycles. The molecule has 4 aliphatic rings. The Kier molecular flexibility index (Phi) is 5.05. The topological polar surface area (TPSA) is 101 Å². The van der Waals surface area contributed by atoms with E-state index >= 15 is 8.78 Å². The van der Waals surface area contributed by atoms with Gasteiger partial charge in [-0.25, -0.2) is 8.78 Å². The summed E-state index contributed by atoms with van der Waals surface area (Å²) in [6, 6.07) is 0. The standard InChI is InChI=1S/C23H28F2O6/c1-11(26)31-10-19(29)23(30)18(25)8-14-13-7-16(24)15-6-12(27)4-5-21(15,2)20(13)17(28)9-22(14,23)3/h4-6,13-14,16-18,20,28,30H,7-10H2,1-3H3/t13-,14+,16-,17-,18+,20-,21-,22+,23-/m0/s1. The average molecular weight is 438 g/mol. The van der Waals surface area contributed by atoms with Crippen molar-refractivity contribution in [2.45, 2.75) is 64.1 Å². The van der Waals surface area contributed by atoms with Crippen molar-refractivity contribution in [2.75, 3.05) is 6.61 Å². The molecule has 3 fully saturated rings. The van der Waals surface area contributed by atoms with E-state index in [9.17, 15) is 24.6 Å². The maximum atomic E-state index is 15.3.